The molecule has 1 N–H and O–H groups in total. The summed E-state index contributed by atoms with van der Waals surface area (Å²) < 4.78 is 8.68. The van der Waals surface area contributed by atoms with Gasteiger partial charge in [0.25, 0.3) is 0 Å². The van der Waals surface area contributed by atoms with E-state index in [1.807, 2.05) is 31.2 Å². The van der Waals surface area contributed by atoms with Gasteiger partial charge >= 0.3 is 0 Å². The molecule has 0 radical (unpaired) electrons. The zero-order valence-electron chi connectivity index (χ0n) is 15.4. The van der Waals surface area contributed by atoms with E-state index in [9.17, 15) is 4.79 Å². The molecule has 1 saturated heterocycles. The number of benzene rings is 2. The summed E-state index contributed by atoms with van der Waals surface area (Å²) in [5, 5.41) is 4.51. The number of nitrogens with one attached hydrogen (secondary N) is 1. The van der Waals surface area contributed by atoms with Crippen LogP contribution in [0.25, 0.3) is 10.9 Å². The van der Waals surface area contributed by atoms with Gasteiger partial charge in [-0.3, -0.25) is 4.79 Å². The number of amides is 1. The average Bonchev–Trinajstić information content (AvgIpc) is 2.98. The molecule has 140 valence electrons. The van der Waals surface area contributed by atoms with Crippen LogP contribution in [-0.4, -0.2) is 23.7 Å². The SMILES string of the molecule is Cc1cc2ccccc2n1CC(=O)NC1(c2cccc(Br)c2)CCOCC1. The Kier molecular flexibility index (Phi) is 5.06. The Morgan fingerprint density at radius 1 is 1.15 bits per heavy atom. The maximum absolute atomic E-state index is 13.1. The number of carbonyl (C=O) groups excluding carboxylic acids is 1. The van der Waals surface area contributed by atoms with E-state index in [1.165, 1.54) is 0 Å². The standard InChI is InChI=1S/C22H23BrN2O2/c1-16-13-17-5-2-3-8-20(17)25(16)15-21(26)24-22(9-11-27-12-10-22)18-6-4-7-19(23)14-18/h2-8,13-14H,9-12,15H2,1H3,(H,24,26). The molecule has 4 rings (SSSR count). The molecule has 0 bridgehead atoms. The summed E-state index contributed by atoms with van der Waals surface area (Å²) in [5.74, 6) is 0.0290. The number of aryl methyl sites for hydroxylation is 1. The van der Waals surface area contributed by atoms with Crippen LogP contribution in [0.4, 0.5) is 0 Å². The van der Waals surface area contributed by atoms with Gasteiger partial charge in [0.2, 0.25) is 5.91 Å². The lowest BCUT2D eigenvalue weighted by Gasteiger charge is -2.38. The second kappa shape index (κ2) is 7.49. The van der Waals surface area contributed by atoms with Crippen LogP contribution in [-0.2, 0) is 21.6 Å². The van der Waals surface area contributed by atoms with Gasteiger partial charge < -0.3 is 14.6 Å². The van der Waals surface area contributed by atoms with Crippen molar-refractivity contribution in [3.05, 3.63) is 70.3 Å². The topological polar surface area (TPSA) is 43.3 Å². The van der Waals surface area contributed by atoms with Crippen molar-refractivity contribution >= 4 is 32.7 Å². The fourth-order valence-corrected chi connectivity index (χ4v) is 4.40. The van der Waals surface area contributed by atoms with Crippen molar-refractivity contribution in [2.75, 3.05) is 13.2 Å². The van der Waals surface area contributed by atoms with Crippen molar-refractivity contribution in [1.29, 1.82) is 0 Å². The van der Waals surface area contributed by atoms with Crippen LogP contribution in [0.1, 0.15) is 24.1 Å². The highest BCUT2D eigenvalue weighted by Gasteiger charge is 2.36. The van der Waals surface area contributed by atoms with Gasteiger partial charge in [0.15, 0.2) is 0 Å². The first-order valence-electron chi connectivity index (χ1n) is 9.27. The zero-order valence-corrected chi connectivity index (χ0v) is 17.0. The monoisotopic (exact) mass is 426 g/mol. The normalized spacial score (nSPS) is 16.4. The predicted molar refractivity (Wildman–Crippen MR) is 111 cm³/mol. The van der Waals surface area contributed by atoms with Gasteiger partial charge in [-0.05, 0) is 55.0 Å². The second-order valence-electron chi connectivity index (χ2n) is 7.18. The average molecular weight is 427 g/mol. The van der Waals surface area contributed by atoms with Gasteiger partial charge in [0, 0.05) is 28.9 Å². The first-order valence-corrected chi connectivity index (χ1v) is 10.1. The number of aromatic nitrogens is 1. The van der Waals surface area contributed by atoms with E-state index in [-0.39, 0.29) is 11.4 Å². The fourth-order valence-electron chi connectivity index (χ4n) is 4.00. The lowest BCUT2D eigenvalue weighted by molar-refractivity contribution is -0.125. The van der Waals surface area contributed by atoms with E-state index in [0.717, 1.165) is 39.5 Å². The van der Waals surface area contributed by atoms with Crippen LogP contribution < -0.4 is 5.32 Å². The third-order valence-corrected chi connectivity index (χ3v) is 5.91. The lowest BCUT2D eigenvalue weighted by atomic mass is 9.82. The Hall–Kier alpha value is -2.11. The fraction of sp³-hybridized carbons (Fsp3) is 0.318. The number of rotatable bonds is 4. The summed E-state index contributed by atoms with van der Waals surface area (Å²) >= 11 is 3.56. The number of nitrogens with zero attached hydrogens (tertiary/aromatic N) is 1. The van der Waals surface area contributed by atoms with Crippen molar-refractivity contribution in [2.24, 2.45) is 0 Å². The smallest absolute Gasteiger partial charge is 0.240 e. The Labute approximate surface area is 167 Å². The Morgan fingerprint density at radius 3 is 2.70 bits per heavy atom. The molecule has 1 aromatic heterocycles. The number of hydrogen-bond acceptors (Lipinski definition) is 2. The first-order chi connectivity index (χ1) is 13.1. The summed E-state index contributed by atoms with van der Waals surface area (Å²) in [6.45, 7) is 3.66. The van der Waals surface area contributed by atoms with Crippen LogP contribution in [0.2, 0.25) is 0 Å². The molecule has 4 nitrogen and oxygen atoms in total. The lowest BCUT2D eigenvalue weighted by Crippen LogP contribution is -2.50. The molecule has 1 aliphatic heterocycles. The predicted octanol–water partition coefficient (Wildman–Crippen LogP) is 4.53. The first kappa shape index (κ1) is 18.3. The summed E-state index contributed by atoms with van der Waals surface area (Å²) in [6, 6.07) is 18.5. The van der Waals surface area contributed by atoms with Gasteiger partial charge in [-0.15, -0.1) is 0 Å². The van der Waals surface area contributed by atoms with Gasteiger partial charge in [-0.2, -0.15) is 0 Å². The van der Waals surface area contributed by atoms with Crippen molar-refractivity contribution in [1.82, 2.24) is 9.88 Å². The minimum Gasteiger partial charge on any atom is -0.381 e. The van der Waals surface area contributed by atoms with E-state index in [4.69, 9.17) is 4.74 Å². The summed E-state index contributed by atoms with van der Waals surface area (Å²) in [6.07, 6.45) is 1.56. The maximum Gasteiger partial charge on any atom is 0.240 e. The summed E-state index contributed by atoms with van der Waals surface area (Å²) in [5.41, 5.74) is 2.93. The molecule has 1 amide bonds. The molecule has 5 heteroatoms. The largest absolute Gasteiger partial charge is 0.381 e. The van der Waals surface area contributed by atoms with E-state index in [0.29, 0.717) is 19.8 Å². The summed E-state index contributed by atoms with van der Waals surface area (Å²) in [4.78, 5) is 13.1. The molecule has 1 fully saturated rings. The van der Waals surface area contributed by atoms with Crippen LogP contribution in [0, 0.1) is 6.92 Å². The zero-order chi connectivity index (χ0) is 18.9. The van der Waals surface area contributed by atoms with Crippen molar-refractivity contribution in [2.45, 2.75) is 31.8 Å². The molecule has 2 aromatic carbocycles. The molecule has 0 aliphatic carbocycles. The number of para-hydroxylation sites is 1. The van der Waals surface area contributed by atoms with Crippen LogP contribution in [0.15, 0.2) is 59.1 Å². The molecule has 2 heterocycles. The molecular formula is C22H23BrN2O2. The summed E-state index contributed by atoms with van der Waals surface area (Å²) in [7, 11) is 0. The van der Waals surface area contributed by atoms with Gasteiger partial charge in [0.1, 0.15) is 6.54 Å². The van der Waals surface area contributed by atoms with E-state index >= 15 is 0 Å². The number of hydrogen-bond donors (Lipinski definition) is 1. The molecule has 0 unspecified atom stereocenters. The van der Waals surface area contributed by atoms with Crippen molar-refractivity contribution in [3.8, 4) is 0 Å². The van der Waals surface area contributed by atoms with Gasteiger partial charge in [-0.1, -0.05) is 46.3 Å². The van der Waals surface area contributed by atoms with Crippen molar-refractivity contribution < 1.29 is 9.53 Å². The molecule has 3 aromatic rings. The Morgan fingerprint density at radius 2 is 1.93 bits per heavy atom. The molecule has 1 aliphatic rings. The number of carbonyl (C=O) groups is 1. The quantitative estimate of drug-likeness (QED) is 0.665. The molecule has 0 saturated carbocycles. The Bertz CT molecular complexity index is 973. The number of ether oxygens (including phenoxy) is 1. The maximum atomic E-state index is 13.1. The second-order valence-corrected chi connectivity index (χ2v) is 8.10. The van der Waals surface area contributed by atoms with Crippen LogP contribution >= 0.6 is 15.9 Å². The molecular weight excluding hydrogens is 404 g/mol. The highest BCUT2D eigenvalue weighted by molar-refractivity contribution is 9.10. The molecule has 0 spiro atoms. The highest BCUT2D eigenvalue weighted by atomic mass is 79.9. The third-order valence-electron chi connectivity index (χ3n) is 5.42. The van der Waals surface area contributed by atoms with Crippen LogP contribution in [0.5, 0.6) is 0 Å². The third kappa shape index (κ3) is 3.66. The van der Waals surface area contributed by atoms with Crippen molar-refractivity contribution in [3.63, 3.8) is 0 Å². The molecule has 27 heavy (non-hydrogen) atoms. The number of fused-ring (bicyclic) bond motifs is 1. The highest BCUT2D eigenvalue weighted by Crippen LogP contribution is 2.33. The van der Waals surface area contributed by atoms with E-state index in [2.05, 4.69) is 56.1 Å². The van der Waals surface area contributed by atoms with Gasteiger partial charge in [0.05, 0.1) is 5.54 Å². The van der Waals surface area contributed by atoms with Gasteiger partial charge in [-0.25, -0.2) is 0 Å². The van der Waals surface area contributed by atoms with E-state index < -0.39 is 0 Å². The van der Waals surface area contributed by atoms with E-state index in [1.54, 1.807) is 0 Å². The molecule has 0 atom stereocenters. The minimum atomic E-state index is -0.379. The number of halogens is 1. The minimum absolute atomic E-state index is 0.0290. The Balaban J connectivity index is 1.61. The van der Waals surface area contributed by atoms with Crippen LogP contribution in [0.3, 0.4) is 0 Å².